The number of hydrogen-bond donors (Lipinski definition) is 2. The van der Waals surface area contributed by atoms with Crippen LogP contribution in [0.4, 0.5) is 5.69 Å². The number of sulfonamides is 1. The fourth-order valence-electron chi connectivity index (χ4n) is 3.18. The van der Waals surface area contributed by atoms with Gasteiger partial charge in [-0.2, -0.15) is 4.31 Å². The molecular weight excluding hydrogens is 370 g/mol. The molecule has 146 valence electrons. The summed E-state index contributed by atoms with van der Waals surface area (Å²) in [5.74, 6) is 0.598. The van der Waals surface area contributed by atoms with Gasteiger partial charge in [0.25, 0.3) is 0 Å². The molecular formula is C17H23N5O4S. The number of carbonyl (C=O) groups is 1. The Bertz CT molecular complexity index is 941. The van der Waals surface area contributed by atoms with Gasteiger partial charge < -0.3 is 19.9 Å². The SMILES string of the molecule is COc1ccc(NC(C)=O)cc1S(=O)(=O)N1CCNCC1c1nccn1C. The van der Waals surface area contributed by atoms with E-state index in [2.05, 4.69) is 15.6 Å². The number of methoxy groups -OCH3 is 1. The predicted octanol–water partition coefficient (Wildman–Crippen LogP) is 0.722. The second-order valence-electron chi connectivity index (χ2n) is 6.28. The van der Waals surface area contributed by atoms with Crippen LogP contribution < -0.4 is 15.4 Å². The van der Waals surface area contributed by atoms with E-state index in [9.17, 15) is 13.2 Å². The zero-order chi connectivity index (χ0) is 19.6. The maximum absolute atomic E-state index is 13.5. The third-order valence-electron chi connectivity index (χ3n) is 4.42. The number of nitrogens with zero attached hydrogens (tertiary/aromatic N) is 3. The lowest BCUT2D eigenvalue weighted by atomic mass is 10.2. The largest absolute Gasteiger partial charge is 0.495 e. The second kappa shape index (κ2) is 7.67. The molecule has 2 heterocycles. The van der Waals surface area contributed by atoms with Crippen LogP contribution in [0.15, 0.2) is 35.5 Å². The van der Waals surface area contributed by atoms with Crippen LogP contribution in [0.5, 0.6) is 5.75 Å². The fourth-order valence-corrected chi connectivity index (χ4v) is 4.95. The molecule has 2 aromatic rings. The van der Waals surface area contributed by atoms with E-state index in [1.807, 2.05) is 11.6 Å². The van der Waals surface area contributed by atoms with Crippen molar-refractivity contribution in [3.63, 3.8) is 0 Å². The van der Waals surface area contributed by atoms with Gasteiger partial charge in [-0.15, -0.1) is 0 Å². The Kier molecular flexibility index (Phi) is 5.49. The third kappa shape index (κ3) is 3.82. The number of imidazole rings is 1. The Labute approximate surface area is 158 Å². The Morgan fingerprint density at radius 1 is 1.41 bits per heavy atom. The maximum atomic E-state index is 13.5. The van der Waals surface area contributed by atoms with Gasteiger partial charge in [0.05, 0.1) is 13.2 Å². The monoisotopic (exact) mass is 393 g/mol. The minimum atomic E-state index is -3.89. The van der Waals surface area contributed by atoms with Crippen LogP contribution in [0, 0.1) is 0 Å². The summed E-state index contributed by atoms with van der Waals surface area (Å²) in [7, 11) is -0.641. The van der Waals surface area contributed by atoms with Crippen LogP contribution in [0.1, 0.15) is 18.8 Å². The van der Waals surface area contributed by atoms with Crippen LogP contribution in [0.3, 0.4) is 0 Å². The molecule has 1 aromatic carbocycles. The molecule has 0 spiro atoms. The van der Waals surface area contributed by atoms with Gasteiger partial charge in [0.1, 0.15) is 16.5 Å². The standard InChI is InChI=1S/C17H23N5O4S/c1-12(23)20-13-4-5-15(26-3)16(10-13)27(24,25)22-9-6-18-11-14(22)17-19-7-8-21(17)2/h4-5,7-8,10,14,18H,6,9,11H2,1-3H3,(H,20,23). The van der Waals surface area contributed by atoms with Crippen LogP contribution in [0.25, 0.3) is 0 Å². The first kappa shape index (κ1) is 19.3. The molecule has 1 aliphatic heterocycles. The number of aromatic nitrogens is 2. The van der Waals surface area contributed by atoms with Gasteiger partial charge in [0.2, 0.25) is 15.9 Å². The third-order valence-corrected chi connectivity index (χ3v) is 6.35. The summed E-state index contributed by atoms with van der Waals surface area (Å²) in [6.07, 6.45) is 3.43. The Morgan fingerprint density at radius 3 is 2.81 bits per heavy atom. The first-order valence-corrected chi connectivity index (χ1v) is 9.94. The van der Waals surface area contributed by atoms with E-state index in [0.717, 1.165) is 0 Å². The molecule has 1 fully saturated rings. The zero-order valence-corrected chi connectivity index (χ0v) is 16.3. The van der Waals surface area contributed by atoms with Crippen molar-refractivity contribution >= 4 is 21.6 Å². The van der Waals surface area contributed by atoms with Gasteiger partial charge in [-0.3, -0.25) is 4.79 Å². The molecule has 0 saturated carbocycles. The van der Waals surface area contributed by atoms with E-state index < -0.39 is 16.1 Å². The topological polar surface area (TPSA) is 106 Å². The van der Waals surface area contributed by atoms with Crippen molar-refractivity contribution in [3.8, 4) is 5.75 Å². The van der Waals surface area contributed by atoms with Crippen molar-refractivity contribution in [1.82, 2.24) is 19.2 Å². The number of benzene rings is 1. The smallest absolute Gasteiger partial charge is 0.247 e. The fraction of sp³-hybridized carbons (Fsp3) is 0.412. The lowest BCUT2D eigenvalue weighted by Crippen LogP contribution is -2.49. The van der Waals surface area contributed by atoms with Gasteiger partial charge in [-0.05, 0) is 18.2 Å². The second-order valence-corrected chi connectivity index (χ2v) is 8.14. The number of anilines is 1. The number of hydrogen-bond acceptors (Lipinski definition) is 6. The predicted molar refractivity (Wildman–Crippen MR) is 100 cm³/mol. The van der Waals surface area contributed by atoms with E-state index in [0.29, 0.717) is 31.1 Å². The number of rotatable bonds is 5. The summed E-state index contributed by atoms with van der Waals surface area (Å²) in [6, 6.07) is 4.12. The molecule has 10 heteroatoms. The van der Waals surface area contributed by atoms with Crippen LogP contribution >= 0.6 is 0 Å². The normalized spacial score (nSPS) is 18.3. The Balaban J connectivity index is 2.06. The van der Waals surface area contributed by atoms with Crippen LogP contribution in [0.2, 0.25) is 0 Å². The lowest BCUT2D eigenvalue weighted by molar-refractivity contribution is -0.114. The molecule has 1 unspecified atom stereocenters. The van der Waals surface area contributed by atoms with Crippen molar-refractivity contribution in [2.45, 2.75) is 17.9 Å². The van der Waals surface area contributed by atoms with E-state index in [4.69, 9.17) is 4.74 Å². The van der Waals surface area contributed by atoms with E-state index in [1.54, 1.807) is 18.5 Å². The van der Waals surface area contributed by atoms with Crippen molar-refractivity contribution in [1.29, 1.82) is 0 Å². The Hall–Kier alpha value is -2.43. The molecule has 0 radical (unpaired) electrons. The Morgan fingerprint density at radius 2 is 2.19 bits per heavy atom. The molecule has 1 aliphatic rings. The first-order chi connectivity index (χ1) is 12.8. The number of aryl methyl sites for hydroxylation is 1. The molecule has 1 saturated heterocycles. The minimum Gasteiger partial charge on any atom is -0.495 e. The highest BCUT2D eigenvalue weighted by Gasteiger charge is 2.38. The summed E-state index contributed by atoms with van der Waals surface area (Å²) < 4.78 is 35.5. The highest BCUT2D eigenvalue weighted by atomic mass is 32.2. The average Bonchev–Trinajstić information content (AvgIpc) is 3.07. The van der Waals surface area contributed by atoms with Crippen LogP contribution in [-0.4, -0.2) is 54.9 Å². The number of amides is 1. The summed E-state index contributed by atoms with van der Waals surface area (Å²) in [5.41, 5.74) is 0.394. The average molecular weight is 393 g/mol. The molecule has 3 rings (SSSR count). The van der Waals surface area contributed by atoms with Gasteiger partial charge in [0.15, 0.2) is 0 Å². The van der Waals surface area contributed by atoms with Crippen LogP contribution in [-0.2, 0) is 21.9 Å². The molecule has 2 N–H and O–H groups in total. The summed E-state index contributed by atoms with van der Waals surface area (Å²) in [4.78, 5) is 15.7. The quantitative estimate of drug-likeness (QED) is 0.776. The number of piperazine rings is 1. The zero-order valence-electron chi connectivity index (χ0n) is 15.5. The molecule has 1 amide bonds. The molecule has 1 aromatic heterocycles. The van der Waals surface area contributed by atoms with E-state index >= 15 is 0 Å². The van der Waals surface area contributed by atoms with Gasteiger partial charge >= 0.3 is 0 Å². The number of carbonyl (C=O) groups excluding carboxylic acids is 1. The summed E-state index contributed by atoms with van der Waals surface area (Å²) >= 11 is 0. The van der Waals surface area contributed by atoms with E-state index in [-0.39, 0.29) is 16.6 Å². The van der Waals surface area contributed by atoms with Gasteiger partial charge in [0, 0.05) is 51.7 Å². The summed E-state index contributed by atoms with van der Waals surface area (Å²) in [6.45, 7) is 2.66. The molecule has 0 aliphatic carbocycles. The first-order valence-electron chi connectivity index (χ1n) is 8.50. The van der Waals surface area contributed by atoms with Gasteiger partial charge in [-0.1, -0.05) is 0 Å². The van der Waals surface area contributed by atoms with Crippen molar-refractivity contribution < 1.29 is 17.9 Å². The molecule has 27 heavy (non-hydrogen) atoms. The summed E-state index contributed by atoms with van der Waals surface area (Å²) in [5, 5.41) is 5.84. The minimum absolute atomic E-state index is 0.0114. The maximum Gasteiger partial charge on any atom is 0.247 e. The molecule has 1 atom stereocenters. The number of nitrogens with one attached hydrogen (secondary N) is 2. The van der Waals surface area contributed by atoms with Gasteiger partial charge in [-0.25, -0.2) is 13.4 Å². The lowest BCUT2D eigenvalue weighted by Gasteiger charge is -2.35. The highest BCUT2D eigenvalue weighted by Crippen LogP contribution is 2.34. The molecule has 9 nitrogen and oxygen atoms in total. The van der Waals surface area contributed by atoms with Crippen molar-refractivity contribution in [2.75, 3.05) is 32.1 Å². The highest BCUT2D eigenvalue weighted by molar-refractivity contribution is 7.89. The van der Waals surface area contributed by atoms with E-state index in [1.165, 1.54) is 30.5 Å². The molecule has 0 bridgehead atoms. The number of ether oxygens (including phenoxy) is 1. The van der Waals surface area contributed by atoms with Crippen molar-refractivity contribution in [3.05, 3.63) is 36.4 Å². The van der Waals surface area contributed by atoms with Crippen molar-refractivity contribution in [2.24, 2.45) is 7.05 Å².